The molecule has 1 fully saturated rings. The molecular weight excluding hydrogens is 365 g/mol. The second kappa shape index (κ2) is 8.03. The predicted octanol–water partition coefficient (Wildman–Crippen LogP) is 3.79. The van der Waals surface area contributed by atoms with Crippen molar-refractivity contribution in [3.05, 3.63) is 40.7 Å². The van der Waals surface area contributed by atoms with E-state index in [1.165, 1.54) is 36.7 Å². The Morgan fingerprint density at radius 2 is 2.08 bits per heavy atom. The SMILES string of the molecule is O=C(Nc1nc(C2CCCCC2)cs1)c1ccc(F)cc1NS(=O)[O-]. The first-order valence-corrected chi connectivity index (χ1v) is 9.90. The number of rotatable bonds is 5. The van der Waals surface area contributed by atoms with Crippen molar-refractivity contribution in [2.75, 3.05) is 10.0 Å². The Hall–Kier alpha value is -1.84. The van der Waals surface area contributed by atoms with Crippen molar-refractivity contribution < 1.29 is 17.9 Å². The third-order valence-corrected chi connectivity index (χ3v) is 5.35. The van der Waals surface area contributed by atoms with Crippen LogP contribution in [0.15, 0.2) is 23.6 Å². The summed E-state index contributed by atoms with van der Waals surface area (Å²) in [6.07, 6.45) is 5.87. The number of nitrogens with one attached hydrogen (secondary N) is 2. The number of benzene rings is 1. The first kappa shape index (κ1) is 18.0. The van der Waals surface area contributed by atoms with Crippen LogP contribution in [-0.2, 0) is 11.3 Å². The highest BCUT2D eigenvalue weighted by molar-refractivity contribution is 7.80. The second-order valence-electron chi connectivity index (χ2n) is 5.89. The number of anilines is 2. The van der Waals surface area contributed by atoms with Gasteiger partial charge in [-0.2, -0.15) is 0 Å². The van der Waals surface area contributed by atoms with Gasteiger partial charge in [0.2, 0.25) is 0 Å². The fourth-order valence-corrected chi connectivity index (χ4v) is 4.12. The molecule has 2 N–H and O–H groups in total. The zero-order valence-electron chi connectivity index (χ0n) is 13.3. The molecule has 1 aromatic carbocycles. The molecule has 0 radical (unpaired) electrons. The molecule has 134 valence electrons. The lowest BCUT2D eigenvalue weighted by molar-refractivity contribution is 0.102. The van der Waals surface area contributed by atoms with E-state index in [2.05, 4.69) is 10.3 Å². The van der Waals surface area contributed by atoms with Crippen LogP contribution in [0.25, 0.3) is 0 Å². The monoisotopic (exact) mass is 382 g/mol. The van der Waals surface area contributed by atoms with Crippen LogP contribution in [0.3, 0.4) is 0 Å². The number of carbonyl (C=O) groups is 1. The summed E-state index contributed by atoms with van der Waals surface area (Å²) in [5, 5.41) is 5.05. The van der Waals surface area contributed by atoms with Crippen molar-refractivity contribution in [3.8, 4) is 0 Å². The van der Waals surface area contributed by atoms with Gasteiger partial charge in [-0.3, -0.25) is 14.3 Å². The van der Waals surface area contributed by atoms with Crippen LogP contribution in [0.5, 0.6) is 0 Å². The molecule has 25 heavy (non-hydrogen) atoms. The Labute approximate surface area is 151 Å². The summed E-state index contributed by atoms with van der Waals surface area (Å²) in [5.74, 6) is -0.752. The summed E-state index contributed by atoms with van der Waals surface area (Å²) in [7, 11) is 0. The van der Waals surface area contributed by atoms with E-state index in [-0.39, 0.29) is 11.3 Å². The average molecular weight is 382 g/mol. The number of thiazole rings is 1. The van der Waals surface area contributed by atoms with Crippen LogP contribution in [0.4, 0.5) is 15.2 Å². The number of aromatic nitrogens is 1. The lowest BCUT2D eigenvalue weighted by Crippen LogP contribution is -2.16. The van der Waals surface area contributed by atoms with Crippen LogP contribution in [0, 0.1) is 5.82 Å². The molecule has 0 saturated heterocycles. The minimum absolute atomic E-state index is 0.0278. The predicted molar refractivity (Wildman–Crippen MR) is 94.8 cm³/mol. The maximum atomic E-state index is 13.3. The molecule has 1 heterocycles. The summed E-state index contributed by atoms with van der Waals surface area (Å²) in [5.41, 5.74) is 0.896. The highest BCUT2D eigenvalue weighted by Gasteiger charge is 2.19. The third-order valence-electron chi connectivity index (χ3n) is 4.19. The van der Waals surface area contributed by atoms with Gasteiger partial charge in [-0.15, -0.1) is 11.3 Å². The maximum absolute atomic E-state index is 13.3. The third kappa shape index (κ3) is 4.62. The van der Waals surface area contributed by atoms with Crippen LogP contribution in [-0.4, -0.2) is 19.7 Å². The molecule has 1 atom stereocenters. The lowest BCUT2D eigenvalue weighted by Gasteiger charge is -2.19. The van der Waals surface area contributed by atoms with Crippen LogP contribution >= 0.6 is 11.3 Å². The smallest absolute Gasteiger partial charge is 0.259 e. The molecule has 1 amide bonds. The Bertz CT molecular complexity index is 791. The molecule has 1 saturated carbocycles. The molecule has 0 aliphatic heterocycles. The molecule has 1 unspecified atom stereocenters. The quantitative estimate of drug-likeness (QED) is 0.769. The van der Waals surface area contributed by atoms with Gasteiger partial charge >= 0.3 is 0 Å². The van der Waals surface area contributed by atoms with E-state index in [1.807, 2.05) is 10.1 Å². The first-order valence-electron chi connectivity index (χ1n) is 7.95. The van der Waals surface area contributed by atoms with Crippen LogP contribution < -0.4 is 10.0 Å². The van der Waals surface area contributed by atoms with E-state index in [0.717, 1.165) is 30.7 Å². The van der Waals surface area contributed by atoms with E-state index < -0.39 is 23.0 Å². The van der Waals surface area contributed by atoms with E-state index in [0.29, 0.717) is 11.0 Å². The zero-order valence-corrected chi connectivity index (χ0v) is 14.9. The topological polar surface area (TPSA) is 94.2 Å². The highest BCUT2D eigenvalue weighted by atomic mass is 32.2. The normalized spacial score (nSPS) is 16.4. The Kier molecular flexibility index (Phi) is 5.77. The largest absolute Gasteiger partial charge is 0.755 e. The number of halogens is 1. The van der Waals surface area contributed by atoms with Crippen LogP contribution in [0.1, 0.15) is 54.1 Å². The summed E-state index contributed by atoms with van der Waals surface area (Å²) in [6, 6.07) is 3.29. The fraction of sp³-hybridized carbons (Fsp3) is 0.375. The van der Waals surface area contributed by atoms with Crippen molar-refractivity contribution in [2.24, 2.45) is 0 Å². The summed E-state index contributed by atoms with van der Waals surface area (Å²) >= 11 is -1.33. The second-order valence-corrected chi connectivity index (χ2v) is 7.42. The summed E-state index contributed by atoms with van der Waals surface area (Å²) < 4.78 is 37.0. The van der Waals surface area contributed by atoms with Gasteiger partial charge in [0.1, 0.15) is 5.82 Å². The average Bonchev–Trinajstić information content (AvgIpc) is 3.03. The lowest BCUT2D eigenvalue weighted by atomic mass is 9.87. The number of hydrogen-bond acceptors (Lipinski definition) is 5. The van der Waals surface area contributed by atoms with Crippen molar-refractivity contribution in [1.29, 1.82) is 0 Å². The number of amides is 1. The van der Waals surface area contributed by atoms with E-state index >= 15 is 0 Å². The van der Waals surface area contributed by atoms with Crippen molar-refractivity contribution in [1.82, 2.24) is 4.98 Å². The molecular formula is C16H17FN3O3S2-. The van der Waals surface area contributed by atoms with E-state index in [1.54, 1.807) is 0 Å². The van der Waals surface area contributed by atoms with Crippen LogP contribution in [0.2, 0.25) is 0 Å². The molecule has 0 spiro atoms. The summed E-state index contributed by atoms with van der Waals surface area (Å²) in [4.78, 5) is 16.9. The Morgan fingerprint density at radius 3 is 2.80 bits per heavy atom. The Morgan fingerprint density at radius 1 is 1.32 bits per heavy atom. The van der Waals surface area contributed by atoms with Gasteiger partial charge in [-0.05, 0) is 31.0 Å². The molecule has 3 rings (SSSR count). The number of carbonyl (C=O) groups excluding carboxylic acids is 1. The standard InChI is InChI=1S/C16H18FN3O3S2/c17-11-6-7-12(13(8-11)20-25(22)23)15(21)19-16-18-14(9-24-16)10-4-2-1-3-5-10/h6-10,20H,1-5H2,(H,22,23)(H,18,19,21)/p-1. The number of nitrogens with zero attached hydrogens (tertiary/aromatic N) is 1. The van der Waals surface area contributed by atoms with Gasteiger partial charge in [0, 0.05) is 22.6 Å². The van der Waals surface area contributed by atoms with Gasteiger partial charge < -0.3 is 9.27 Å². The van der Waals surface area contributed by atoms with Gasteiger partial charge in [0.15, 0.2) is 5.13 Å². The van der Waals surface area contributed by atoms with E-state index in [9.17, 15) is 17.9 Å². The summed E-state index contributed by atoms with van der Waals surface area (Å²) in [6.45, 7) is 0. The van der Waals surface area contributed by atoms with Gasteiger partial charge in [0.25, 0.3) is 5.91 Å². The molecule has 9 heteroatoms. The molecule has 1 aliphatic rings. The minimum Gasteiger partial charge on any atom is -0.755 e. The molecule has 6 nitrogen and oxygen atoms in total. The fourth-order valence-electron chi connectivity index (χ4n) is 2.98. The van der Waals surface area contributed by atoms with Crippen molar-refractivity contribution in [3.63, 3.8) is 0 Å². The molecule has 1 aliphatic carbocycles. The Balaban J connectivity index is 1.74. The van der Waals surface area contributed by atoms with Gasteiger partial charge in [-0.25, -0.2) is 9.37 Å². The van der Waals surface area contributed by atoms with Crippen molar-refractivity contribution >= 4 is 39.3 Å². The van der Waals surface area contributed by atoms with Crippen molar-refractivity contribution in [2.45, 2.75) is 38.0 Å². The highest BCUT2D eigenvalue weighted by Crippen LogP contribution is 2.34. The zero-order chi connectivity index (χ0) is 17.8. The van der Waals surface area contributed by atoms with E-state index in [4.69, 9.17) is 0 Å². The van der Waals surface area contributed by atoms with Gasteiger partial charge in [0.05, 0.1) is 16.9 Å². The molecule has 0 bridgehead atoms. The minimum atomic E-state index is -2.66. The number of hydrogen-bond donors (Lipinski definition) is 2. The first-order chi connectivity index (χ1) is 12.0. The molecule has 2 aromatic rings. The van der Waals surface area contributed by atoms with Gasteiger partial charge in [-0.1, -0.05) is 19.3 Å². The molecule has 1 aromatic heterocycles. The maximum Gasteiger partial charge on any atom is 0.259 e.